The molecule has 0 N–H and O–H groups in total. The number of hydrogen-bond acceptors (Lipinski definition) is 4. The van der Waals surface area contributed by atoms with Gasteiger partial charge in [-0.1, -0.05) is 152 Å². The lowest BCUT2D eigenvalue weighted by Gasteiger charge is -2.12. The van der Waals surface area contributed by atoms with Crippen molar-refractivity contribution < 1.29 is 0 Å². The summed E-state index contributed by atoms with van der Waals surface area (Å²) in [6, 6.07) is 53.3. The number of thiophene rings is 1. The zero-order chi connectivity index (χ0) is 33.9. The van der Waals surface area contributed by atoms with E-state index in [0.717, 1.165) is 27.5 Å². The van der Waals surface area contributed by atoms with Crippen LogP contribution in [0.5, 0.6) is 0 Å². The van der Waals surface area contributed by atoms with Crippen LogP contribution in [0.15, 0.2) is 158 Å². The smallest absolute Gasteiger partial charge is 0.238 e. The molecular weight excluding hydrogens is 641 g/mol. The van der Waals surface area contributed by atoms with Gasteiger partial charge in [0.2, 0.25) is 5.95 Å². The second-order valence-corrected chi connectivity index (χ2v) is 13.8. The van der Waals surface area contributed by atoms with Crippen molar-refractivity contribution in [3.05, 3.63) is 163 Å². The second-order valence-electron chi connectivity index (χ2n) is 12.7. The number of nitrogens with zero attached hydrogens (tertiary/aromatic N) is 4. The van der Waals surface area contributed by atoms with Gasteiger partial charge in [-0.05, 0) is 41.1 Å². The zero-order valence-corrected chi connectivity index (χ0v) is 28.6. The van der Waals surface area contributed by atoms with E-state index in [9.17, 15) is 0 Å². The van der Waals surface area contributed by atoms with Crippen LogP contribution in [0.4, 0.5) is 0 Å². The highest BCUT2D eigenvalue weighted by atomic mass is 32.1. The predicted molar refractivity (Wildman–Crippen MR) is 216 cm³/mol. The molecule has 3 aromatic heterocycles. The summed E-state index contributed by atoms with van der Waals surface area (Å²) in [7, 11) is 0. The Morgan fingerprint density at radius 3 is 1.76 bits per heavy atom. The zero-order valence-electron chi connectivity index (χ0n) is 27.8. The van der Waals surface area contributed by atoms with E-state index >= 15 is 0 Å². The van der Waals surface area contributed by atoms with Gasteiger partial charge in [-0.2, -0.15) is 9.97 Å². The van der Waals surface area contributed by atoms with Crippen molar-refractivity contribution in [3.63, 3.8) is 0 Å². The van der Waals surface area contributed by atoms with Gasteiger partial charge in [0, 0.05) is 47.5 Å². The lowest BCUT2D eigenvalue weighted by atomic mass is 9.97. The fraction of sp³-hybridized carbons (Fsp3) is 0.0217. The summed E-state index contributed by atoms with van der Waals surface area (Å²) in [6.45, 7) is 2.08. The van der Waals surface area contributed by atoms with Gasteiger partial charge < -0.3 is 0 Å². The molecule has 0 atom stereocenters. The molecule has 5 heteroatoms. The van der Waals surface area contributed by atoms with E-state index in [1.807, 2.05) is 47.7 Å². The molecule has 0 bridgehead atoms. The van der Waals surface area contributed by atoms with Crippen LogP contribution in [-0.2, 0) is 0 Å². The fourth-order valence-corrected chi connectivity index (χ4v) is 8.83. The van der Waals surface area contributed by atoms with Gasteiger partial charge in [0.1, 0.15) is 0 Å². The van der Waals surface area contributed by atoms with Crippen LogP contribution in [0, 0.1) is 0 Å². The quantitative estimate of drug-likeness (QED) is 0.183. The Morgan fingerprint density at radius 2 is 1.10 bits per heavy atom. The number of rotatable bonds is 5. The van der Waals surface area contributed by atoms with Gasteiger partial charge in [0.15, 0.2) is 11.6 Å². The van der Waals surface area contributed by atoms with E-state index in [1.165, 1.54) is 53.0 Å². The number of aromatic nitrogens is 4. The summed E-state index contributed by atoms with van der Waals surface area (Å²) >= 11 is 1.87. The molecule has 3 heterocycles. The molecule has 0 spiro atoms. The Hall–Kier alpha value is -6.43. The third kappa shape index (κ3) is 4.70. The number of fused-ring (bicyclic) bond motifs is 10. The van der Waals surface area contributed by atoms with Crippen LogP contribution in [0.25, 0.3) is 98.7 Å². The molecule has 0 aliphatic rings. The second kappa shape index (κ2) is 11.9. The molecule has 0 aliphatic carbocycles. The number of hydrogen-bond donors (Lipinski definition) is 0. The Kier molecular flexibility index (Phi) is 6.86. The molecule has 51 heavy (non-hydrogen) atoms. The molecule has 0 radical (unpaired) electrons. The minimum atomic E-state index is 0.593. The summed E-state index contributed by atoms with van der Waals surface area (Å²) in [6.07, 6.45) is 4.33. The Balaban J connectivity index is 1.43. The molecule has 0 saturated heterocycles. The first-order valence-corrected chi connectivity index (χ1v) is 18.0. The molecule has 0 fully saturated rings. The largest absolute Gasteiger partial charge is 0.277 e. The fourth-order valence-electron chi connectivity index (χ4n) is 7.49. The molecule has 7 aromatic carbocycles. The topological polar surface area (TPSA) is 43.6 Å². The maximum absolute atomic E-state index is 5.28. The van der Waals surface area contributed by atoms with Crippen LogP contribution < -0.4 is 0 Å². The molecule has 4 nitrogen and oxygen atoms in total. The SMILES string of the molecule is C/C=C/c1cccc2c1sc1c3ccccc3c3c4cc(-c5ccccc5)ccc4n(-c4nc(-c5ccccc5)nc(-c5ccccc5)n4)c3c21. The van der Waals surface area contributed by atoms with Gasteiger partial charge in [-0.15, -0.1) is 11.3 Å². The van der Waals surface area contributed by atoms with E-state index in [2.05, 4.69) is 139 Å². The number of benzene rings is 7. The van der Waals surface area contributed by atoms with Crippen LogP contribution in [-0.4, -0.2) is 19.5 Å². The highest BCUT2D eigenvalue weighted by molar-refractivity contribution is 7.27. The lowest BCUT2D eigenvalue weighted by molar-refractivity contribution is 0.955. The average Bonchev–Trinajstić information content (AvgIpc) is 3.76. The van der Waals surface area contributed by atoms with E-state index in [4.69, 9.17) is 15.0 Å². The standard InChI is InChI=1S/C46H30N4S/c1-2-15-30-22-14-25-36-40-41-39(34-23-12-13-24-35(34)43(40)51-42(30)36)37-28-33(29-16-6-3-7-17-29)26-27-38(37)50(41)46-48-44(31-18-8-4-9-19-31)47-45(49-46)32-20-10-5-11-21-32/h2-28H,1H3/b15-2+. The normalized spacial score (nSPS) is 11.9. The summed E-state index contributed by atoms with van der Waals surface area (Å²) in [5, 5.41) is 7.28. The van der Waals surface area contributed by atoms with Crippen molar-refractivity contribution in [2.75, 3.05) is 0 Å². The summed E-state index contributed by atoms with van der Waals surface area (Å²) < 4.78 is 4.83. The van der Waals surface area contributed by atoms with Crippen LogP contribution in [0.2, 0.25) is 0 Å². The van der Waals surface area contributed by atoms with Crippen LogP contribution in [0.1, 0.15) is 12.5 Å². The van der Waals surface area contributed by atoms with Crippen molar-refractivity contribution >= 4 is 70.2 Å². The van der Waals surface area contributed by atoms with Gasteiger partial charge in [-0.25, -0.2) is 4.98 Å². The summed E-state index contributed by atoms with van der Waals surface area (Å²) in [5.41, 5.74) is 7.62. The highest BCUT2D eigenvalue weighted by Crippen LogP contribution is 2.49. The van der Waals surface area contributed by atoms with Gasteiger partial charge >= 0.3 is 0 Å². The van der Waals surface area contributed by atoms with E-state index in [1.54, 1.807) is 0 Å². The highest BCUT2D eigenvalue weighted by Gasteiger charge is 2.25. The van der Waals surface area contributed by atoms with Gasteiger partial charge in [0.05, 0.1) is 11.0 Å². The predicted octanol–water partition coefficient (Wildman–Crippen LogP) is 12.5. The van der Waals surface area contributed by atoms with Crippen molar-refractivity contribution in [2.45, 2.75) is 6.92 Å². The van der Waals surface area contributed by atoms with Crippen molar-refractivity contribution in [1.29, 1.82) is 0 Å². The lowest BCUT2D eigenvalue weighted by Crippen LogP contribution is -2.06. The average molecular weight is 671 g/mol. The van der Waals surface area contributed by atoms with Gasteiger partial charge in [0.25, 0.3) is 0 Å². The monoisotopic (exact) mass is 670 g/mol. The molecule has 10 aromatic rings. The van der Waals surface area contributed by atoms with Crippen molar-refractivity contribution in [2.24, 2.45) is 0 Å². The van der Waals surface area contributed by atoms with Crippen LogP contribution >= 0.6 is 11.3 Å². The maximum Gasteiger partial charge on any atom is 0.238 e. The molecule has 10 rings (SSSR count). The molecule has 0 unspecified atom stereocenters. The molecular formula is C46H30N4S. The first-order chi connectivity index (χ1) is 25.3. The maximum atomic E-state index is 5.28. The Bertz CT molecular complexity index is 2900. The molecule has 0 aliphatic heterocycles. The minimum absolute atomic E-state index is 0.593. The Labute approximate surface area is 298 Å². The van der Waals surface area contributed by atoms with Crippen LogP contribution in [0.3, 0.4) is 0 Å². The Morgan fingerprint density at radius 1 is 0.490 bits per heavy atom. The van der Waals surface area contributed by atoms with Gasteiger partial charge in [-0.3, -0.25) is 4.57 Å². The van der Waals surface area contributed by atoms with Crippen molar-refractivity contribution in [3.8, 4) is 39.9 Å². The third-order valence-electron chi connectivity index (χ3n) is 9.73. The summed E-state index contributed by atoms with van der Waals surface area (Å²) in [5.74, 6) is 1.87. The minimum Gasteiger partial charge on any atom is -0.277 e. The van der Waals surface area contributed by atoms with E-state index < -0.39 is 0 Å². The number of allylic oxidation sites excluding steroid dienone is 1. The summed E-state index contributed by atoms with van der Waals surface area (Å²) in [4.78, 5) is 15.6. The van der Waals surface area contributed by atoms with E-state index in [0.29, 0.717) is 17.6 Å². The van der Waals surface area contributed by atoms with E-state index in [-0.39, 0.29) is 0 Å². The molecule has 0 amide bonds. The molecule has 240 valence electrons. The third-order valence-corrected chi connectivity index (χ3v) is 11.0. The first-order valence-electron chi connectivity index (χ1n) is 17.2. The van der Waals surface area contributed by atoms with Crippen molar-refractivity contribution in [1.82, 2.24) is 19.5 Å². The first kappa shape index (κ1) is 29.5. The molecule has 0 saturated carbocycles.